The van der Waals surface area contributed by atoms with E-state index in [1.54, 1.807) is 18.2 Å². The summed E-state index contributed by atoms with van der Waals surface area (Å²) in [6, 6.07) is 5.10. The molecule has 0 saturated heterocycles. The van der Waals surface area contributed by atoms with Crippen LogP contribution in [-0.4, -0.2) is 34.4 Å². The highest BCUT2D eigenvalue weighted by molar-refractivity contribution is 5.96. The van der Waals surface area contributed by atoms with Crippen LogP contribution in [0.25, 0.3) is 11.3 Å². The summed E-state index contributed by atoms with van der Waals surface area (Å²) in [6.07, 6.45) is 0. The van der Waals surface area contributed by atoms with Crippen LogP contribution >= 0.6 is 0 Å². The van der Waals surface area contributed by atoms with Crippen molar-refractivity contribution in [3.8, 4) is 17.0 Å². The average Bonchev–Trinajstić information content (AvgIpc) is 2.94. The van der Waals surface area contributed by atoms with Crippen molar-refractivity contribution < 1.29 is 19.1 Å². The van der Waals surface area contributed by atoms with E-state index in [9.17, 15) is 9.59 Å². The van der Waals surface area contributed by atoms with Crippen molar-refractivity contribution in [2.75, 3.05) is 7.11 Å². The first-order chi connectivity index (χ1) is 10.0. The number of hydrogen-bond acceptors (Lipinski definition) is 6. The molecule has 0 atom stereocenters. The smallest absolute Gasteiger partial charge is 0.302 e. The molecular weight excluding hydrogens is 276 g/mol. The van der Waals surface area contributed by atoms with Gasteiger partial charge in [0.2, 0.25) is 0 Å². The van der Waals surface area contributed by atoms with E-state index >= 15 is 0 Å². The van der Waals surface area contributed by atoms with E-state index in [-0.39, 0.29) is 12.3 Å². The second-order valence-corrected chi connectivity index (χ2v) is 4.19. The fraction of sp³-hybridized carbons (Fsp3) is 0.231. The zero-order chi connectivity index (χ0) is 15.4. The first kappa shape index (κ1) is 14.5. The zero-order valence-corrected chi connectivity index (χ0v) is 11.5. The van der Waals surface area contributed by atoms with E-state index in [0.29, 0.717) is 22.6 Å². The van der Waals surface area contributed by atoms with Gasteiger partial charge in [0.25, 0.3) is 5.91 Å². The molecule has 0 aliphatic heterocycles. The van der Waals surface area contributed by atoms with E-state index in [1.165, 1.54) is 14.0 Å². The molecule has 0 unspecified atom stereocenters. The number of carbonyl (C=O) groups excluding carboxylic acids is 2. The molecule has 0 aliphatic carbocycles. The number of rotatable bonds is 5. The number of carbonyl (C=O) groups is 2. The number of aromatic amines is 1. The van der Waals surface area contributed by atoms with Crippen molar-refractivity contribution in [2.45, 2.75) is 13.5 Å². The Morgan fingerprint density at radius 1 is 1.33 bits per heavy atom. The lowest BCUT2D eigenvalue weighted by molar-refractivity contribution is -0.142. The molecule has 0 spiro atoms. The fourth-order valence-electron chi connectivity index (χ4n) is 1.82. The number of aromatic nitrogens is 3. The van der Waals surface area contributed by atoms with Gasteiger partial charge in [-0.25, -0.2) is 0 Å². The van der Waals surface area contributed by atoms with Gasteiger partial charge < -0.3 is 15.2 Å². The Balaban J connectivity index is 2.41. The third kappa shape index (κ3) is 3.16. The zero-order valence-electron chi connectivity index (χ0n) is 11.5. The van der Waals surface area contributed by atoms with E-state index in [2.05, 4.69) is 15.4 Å². The Kier molecular flexibility index (Phi) is 4.17. The number of ether oxygens (including phenoxy) is 2. The maximum Gasteiger partial charge on any atom is 0.302 e. The molecule has 1 heterocycles. The largest absolute Gasteiger partial charge is 0.496 e. The van der Waals surface area contributed by atoms with E-state index in [0.717, 1.165) is 0 Å². The third-order valence-electron chi connectivity index (χ3n) is 2.77. The average molecular weight is 290 g/mol. The monoisotopic (exact) mass is 290 g/mol. The maximum atomic E-state index is 11.3. The molecule has 0 aliphatic rings. The Labute approximate surface area is 120 Å². The quantitative estimate of drug-likeness (QED) is 0.780. The number of amides is 1. The molecule has 2 aromatic rings. The van der Waals surface area contributed by atoms with Crippen molar-refractivity contribution in [3.63, 3.8) is 0 Å². The van der Waals surface area contributed by atoms with Gasteiger partial charge in [0, 0.05) is 18.1 Å². The van der Waals surface area contributed by atoms with Crippen molar-refractivity contribution in [1.29, 1.82) is 0 Å². The predicted molar refractivity (Wildman–Crippen MR) is 72.4 cm³/mol. The second-order valence-electron chi connectivity index (χ2n) is 4.19. The maximum absolute atomic E-state index is 11.3. The van der Waals surface area contributed by atoms with Crippen LogP contribution in [0.15, 0.2) is 18.2 Å². The van der Waals surface area contributed by atoms with Crippen LogP contribution in [0.5, 0.6) is 5.75 Å². The highest BCUT2D eigenvalue weighted by Gasteiger charge is 2.17. The summed E-state index contributed by atoms with van der Waals surface area (Å²) >= 11 is 0. The van der Waals surface area contributed by atoms with Crippen LogP contribution < -0.4 is 10.5 Å². The molecule has 3 N–H and O–H groups in total. The summed E-state index contributed by atoms with van der Waals surface area (Å²) in [5.74, 6) is -0.526. The minimum Gasteiger partial charge on any atom is -0.496 e. The van der Waals surface area contributed by atoms with E-state index in [4.69, 9.17) is 15.2 Å². The van der Waals surface area contributed by atoms with Gasteiger partial charge in [-0.15, -0.1) is 0 Å². The van der Waals surface area contributed by atoms with Gasteiger partial charge in [-0.1, -0.05) is 0 Å². The molecule has 1 aromatic heterocycles. The molecule has 8 nitrogen and oxygen atoms in total. The Bertz CT molecular complexity index is 681. The summed E-state index contributed by atoms with van der Waals surface area (Å²) in [7, 11) is 1.51. The van der Waals surface area contributed by atoms with Gasteiger partial charge in [-0.3, -0.25) is 9.59 Å². The predicted octanol–water partition coefficient (Wildman–Crippen LogP) is 0.642. The molecule has 0 radical (unpaired) electrons. The van der Waals surface area contributed by atoms with Crippen LogP contribution in [0.3, 0.4) is 0 Å². The van der Waals surface area contributed by atoms with E-state index < -0.39 is 11.9 Å². The molecule has 8 heteroatoms. The molecule has 2 rings (SSSR count). The fourth-order valence-corrected chi connectivity index (χ4v) is 1.82. The molecule has 21 heavy (non-hydrogen) atoms. The lowest BCUT2D eigenvalue weighted by atomic mass is 10.1. The number of nitrogens with one attached hydrogen (secondary N) is 1. The minimum atomic E-state index is -0.684. The minimum absolute atomic E-state index is 0.0404. The Hall–Kier alpha value is -2.90. The first-order valence-corrected chi connectivity index (χ1v) is 6.04. The molecule has 1 amide bonds. The van der Waals surface area contributed by atoms with Crippen LogP contribution in [0.2, 0.25) is 0 Å². The normalized spacial score (nSPS) is 10.2. The van der Waals surface area contributed by atoms with Gasteiger partial charge in [-0.2, -0.15) is 15.4 Å². The summed E-state index contributed by atoms with van der Waals surface area (Å²) in [5.41, 5.74) is 6.86. The molecular formula is C13H14N4O4. The van der Waals surface area contributed by atoms with Crippen LogP contribution in [0.4, 0.5) is 0 Å². The number of benzene rings is 1. The molecule has 1 aromatic carbocycles. The topological polar surface area (TPSA) is 120 Å². The SMILES string of the molecule is COc1ccc(-c2n[nH]nc2C(N)=O)cc1COC(C)=O. The lowest BCUT2D eigenvalue weighted by Crippen LogP contribution is -2.12. The van der Waals surface area contributed by atoms with Crippen molar-refractivity contribution in [3.05, 3.63) is 29.5 Å². The van der Waals surface area contributed by atoms with Gasteiger partial charge >= 0.3 is 5.97 Å². The van der Waals surface area contributed by atoms with Crippen LogP contribution in [0, 0.1) is 0 Å². The summed E-state index contributed by atoms with van der Waals surface area (Å²) in [5, 5.41) is 9.98. The van der Waals surface area contributed by atoms with Crippen molar-refractivity contribution >= 4 is 11.9 Å². The lowest BCUT2D eigenvalue weighted by Gasteiger charge is -2.10. The summed E-state index contributed by atoms with van der Waals surface area (Å²) in [6.45, 7) is 1.37. The van der Waals surface area contributed by atoms with Gasteiger partial charge in [0.1, 0.15) is 18.1 Å². The Morgan fingerprint density at radius 3 is 2.71 bits per heavy atom. The van der Waals surface area contributed by atoms with Gasteiger partial charge in [0.05, 0.1) is 7.11 Å². The number of hydrogen-bond donors (Lipinski definition) is 2. The number of nitrogens with zero attached hydrogens (tertiary/aromatic N) is 2. The highest BCUT2D eigenvalue weighted by atomic mass is 16.5. The molecule has 0 fully saturated rings. The van der Waals surface area contributed by atoms with Crippen LogP contribution in [0.1, 0.15) is 23.0 Å². The molecule has 0 bridgehead atoms. The van der Waals surface area contributed by atoms with E-state index in [1.807, 2.05) is 0 Å². The van der Waals surface area contributed by atoms with Crippen molar-refractivity contribution in [2.24, 2.45) is 5.73 Å². The second kappa shape index (κ2) is 6.04. The number of methoxy groups -OCH3 is 1. The standard InChI is InChI=1S/C13H14N4O4/c1-7(18)21-6-9-5-8(3-4-10(9)20-2)11-12(13(14)19)16-17-15-11/h3-5H,6H2,1-2H3,(H2,14,19)(H,15,16,17). The molecule has 110 valence electrons. The van der Waals surface area contributed by atoms with Gasteiger partial charge in [0.15, 0.2) is 5.69 Å². The summed E-state index contributed by atoms with van der Waals surface area (Å²) in [4.78, 5) is 22.2. The first-order valence-electron chi connectivity index (χ1n) is 6.04. The summed E-state index contributed by atoms with van der Waals surface area (Å²) < 4.78 is 10.2. The number of esters is 1. The third-order valence-corrected chi connectivity index (χ3v) is 2.77. The number of primary amides is 1. The Morgan fingerprint density at radius 2 is 2.10 bits per heavy atom. The number of nitrogens with two attached hydrogens (primary N) is 1. The molecule has 0 saturated carbocycles. The van der Waals surface area contributed by atoms with Crippen molar-refractivity contribution in [1.82, 2.24) is 15.4 Å². The highest BCUT2D eigenvalue weighted by Crippen LogP contribution is 2.27. The van der Waals surface area contributed by atoms with Gasteiger partial charge in [-0.05, 0) is 18.2 Å². The van der Waals surface area contributed by atoms with Crippen LogP contribution in [-0.2, 0) is 16.1 Å². The number of H-pyrrole nitrogens is 1.